The number of aliphatic hydroxyl groups is 1. The van der Waals surface area contributed by atoms with Crippen LogP contribution in [0.25, 0.3) is 5.57 Å². The Labute approximate surface area is 263 Å². The molecule has 8 heteroatoms. The van der Waals surface area contributed by atoms with Crippen LogP contribution in [0.4, 0.5) is 11.4 Å². The molecule has 1 aliphatic heterocycles. The summed E-state index contributed by atoms with van der Waals surface area (Å²) in [5.41, 5.74) is 2.40. The molecule has 1 aromatic carbocycles. The van der Waals surface area contributed by atoms with Crippen LogP contribution in [0.2, 0.25) is 0 Å². The maximum absolute atomic E-state index is 14.1. The molecule has 1 heterocycles. The van der Waals surface area contributed by atoms with Crippen molar-refractivity contribution in [3.8, 4) is 0 Å². The second-order valence-corrected chi connectivity index (χ2v) is 14.3. The number of hydrazone groups is 1. The predicted molar refractivity (Wildman–Crippen MR) is 177 cm³/mol. The van der Waals surface area contributed by atoms with Crippen molar-refractivity contribution in [1.29, 1.82) is 0 Å². The van der Waals surface area contributed by atoms with Gasteiger partial charge in [-0.1, -0.05) is 74.1 Å². The first kappa shape index (κ1) is 33.5. The van der Waals surface area contributed by atoms with Crippen LogP contribution in [0, 0.1) is 23.2 Å². The smallest absolute Gasteiger partial charge is 0.315 e. The van der Waals surface area contributed by atoms with E-state index in [0.717, 1.165) is 30.9 Å². The number of benzene rings is 1. The van der Waals surface area contributed by atoms with E-state index in [2.05, 4.69) is 56.9 Å². The molecular weight excluding hydrogens is 552 g/mol. The summed E-state index contributed by atoms with van der Waals surface area (Å²) >= 11 is 0. The molecule has 2 amide bonds. The fourth-order valence-corrected chi connectivity index (χ4v) is 7.00. The molecule has 2 aliphatic carbocycles. The van der Waals surface area contributed by atoms with Crippen LogP contribution >= 0.6 is 0 Å². The number of allylic oxidation sites excluding steroid dienone is 2. The fraction of sp³-hybridized carbons (Fsp3) is 0.611. The molecular formula is C36H53N4O4+. The highest BCUT2D eigenvalue weighted by Crippen LogP contribution is 2.43. The lowest BCUT2D eigenvalue weighted by Crippen LogP contribution is -2.84. The number of aliphatic hydroxyl groups excluding tert-OH is 1. The highest BCUT2D eigenvalue weighted by atomic mass is 16.3. The van der Waals surface area contributed by atoms with E-state index < -0.39 is 5.41 Å². The number of carbonyl (C=O) groups excluding carboxylic acids is 3. The molecule has 0 radical (unpaired) electrons. The highest BCUT2D eigenvalue weighted by molar-refractivity contribution is 6.44. The fourth-order valence-electron chi connectivity index (χ4n) is 7.00. The van der Waals surface area contributed by atoms with Crippen molar-refractivity contribution >= 4 is 40.3 Å². The zero-order valence-electron chi connectivity index (χ0n) is 28.3. The number of nitrogens with zero attached hydrogens (tertiary/aromatic N) is 2. The van der Waals surface area contributed by atoms with Crippen molar-refractivity contribution in [2.24, 2.45) is 23.2 Å². The molecule has 0 aromatic heterocycles. The van der Waals surface area contributed by atoms with Gasteiger partial charge in [0.1, 0.15) is 11.3 Å². The van der Waals surface area contributed by atoms with E-state index in [1.54, 1.807) is 11.1 Å². The second kappa shape index (κ2) is 13.3. The van der Waals surface area contributed by atoms with Gasteiger partial charge in [-0.2, -0.15) is 0 Å². The first-order valence-electron chi connectivity index (χ1n) is 16.6. The molecule has 0 bridgehead atoms. The molecule has 8 nitrogen and oxygen atoms in total. The van der Waals surface area contributed by atoms with E-state index in [0.29, 0.717) is 29.2 Å². The third kappa shape index (κ3) is 6.50. The second-order valence-electron chi connectivity index (χ2n) is 14.3. The third-order valence-electron chi connectivity index (χ3n) is 9.44. The molecule has 44 heavy (non-hydrogen) atoms. The lowest BCUT2D eigenvalue weighted by molar-refractivity contribution is -0.630. The normalized spacial score (nSPS) is 19.5. The minimum Gasteiger partial charge on any atom is -0.506 e. The Morgan fingerprint density at radius 2 is 1.64 bits per heavy atom. The van der Waals surface area contributed by atoms with Gasteiger partial charge in [0.05, 0.1) is 22.9 Å². The van der Waals surface area contributed by atoms with Gasteiger partial charge in [0, 0.05) is 36.2 Å². The van der Waals surface area contributed by atoms with Crippen LogP contribution in [-0.4, -0.2) is 52.6 Å². The monoisotopic (exact) mass is 605 g/mol. The first-order valence-corrected chi connectivity index (χ1v) is 16.6. The average Bonchev–Trinajstić information content (AvgIpc) is 3.57. The number of nitrogens with one attached hydrogen (secondary N) is 2. The summed E-state index contributed by atoms with van der Waals surface area (Å²) in [7, 11) is 0. The molecule has 1 fully saturated rings. The number of carbonyl (C=O) groups is 3. The number of hydrogen-bond acceptors (Lipinski definition) is 5. The van der Waals surface area contributed by atoms with Gasteiger partial charge in [0.25, 0.3) is 0 Å². The molecule has 0 saturated heterocycles. The number of amides is 2. The summed E-state index contributed by atoms with van der Waals surface area (Å²) in [6.07, 6.45) is 6.45. The molecule has 3 N–H and O–H groups in total. The van der Waals surface area contributed by atoms with Crippen molar-refractivity contribution in [2.75, 3.05) is 23.3 Å². The number of rotatable bonds is 11. The lowest BCUT2D eigenvalue weighted by Gasteiger charge is -2.28. The van der Waals surface area contributed by atoms with Crippen LogP contribution in [0.5, 0.6) is 0 Å². The van der Waals surface area contributed by atoms with Gasteiger partial charge < -0.3 is 15.3 Å². The highest BCUT2D eigenvalue weighted by Gasteiger charge is 2.50. The van der Waals surface area contributed by atoms with Crippen molar-refractivity contribution < 1.29 is 24.6 Å². The topological polar surface area (TPSA) is 104 Å². The van der Waals surface area contributed by atoms with Crippen molar-refractivity contribution in [1.82, 2.24) is 5.01 Å². The number of hydrogen-bond donors (Lipinski definition) is 3. The van der Waals surface area contributed by atoms with Crippen LogP contribution in [0.15, 0.2) is 35.1 Å². The first-order chi connectivity index (χ1) is 20.7. The zero-order chi connectivity index (χ0) is 32.5. The van der Waals surface area contributed by atoms with Gasteiger partial charge in [-0.15, -0.1) is 10.1 Å². The summed E-state index contributed by atoms with van der Waals surface area (Å²) < 4.78 is 0. The van der Waals surface area contributed by atoms with Gasteiger partial charge in [-0.25, -0.2) is 0 Å². The van der Waals surface area contributed by atoms with E-state index in [9.17, 15) is 19.5 Å². The van der Waals surface area contributed by atoms with Crippen LogP contribution in [0.3, 0.4) is 0 Å². The minimum absolute atomic E-state index is 0.0744. The van der Waals surface area contributed by atoms with Gasteiger partial charge in [-0.3, -0.25) is 14.4 Å². The van der Waals surface area contributed by atoms with Gasteiger partial charge >= 0.3 is 5.91 Å². The van der Waals surface area contributed by atoms with Gasteiger partial charge in [-0.05, 0) is 56.2 Å². The van der Waals surface area contributed by atoms with Crippen molar-refractivity contribution in [3.63, 3.8) is 0 Å². The zero-order valence-corrected chi connectivity index (χ0v) is 28.3. The molecule has 3 aliphatic rings. The van der Waals surface area contributed by atoms with E-state index >= 15 is 0 Å². The quantitative estimate of drug-likeness (QED) is 0.285. The molecule has 0 spiro atoms. The van der Waals surface area contributed by atoms with Crippen molar-refractivity contribution in [2.45, 2.75) is 107 Å². The number of ketones is 1. The Balaban J connectivity index is 1.81. The van der Waals surface area contributed by atoms with Crippen molar-refractivity contribution in [3.05, 3.63) is 40.7 Å². The Morgan fingerprint density at radius 3 is 2.16 bits per heavy atom. The summed E-state index contributed by atoms with van der Waals surface area (Å²) in [5.74, 6) is -0.00784. The molecule has 240 valence electrons. The van der Waals surface area contributed by atoms with E-state index in [1.165, 1.54) is 25.7 Å². The van der Waals surface area contributed by atoms with E-state index in [4.69, 9.17) is 0 Å². The Morgan fingerprint density at radius 1 is 1.02 bits per heavy atom. The summed E-state index contributed by atoms with van der Waals surface area (Å²) in [5, 5.41) is 19.7. The Hall–Kier alpha value is -3.42. The summed E-state index contributed by atoms with van der Waals surface area (Å²) in [6, 6.07) is 5.49. The summed E-state index contributed by atoms with van der Waals surface area (Å²) in [4.78, 5) is 43.3. The van der Waals surface area contributed by atoms with Crippen LogP contribution < -0.4 is 15.3 Å². The molecule has 0 atom stereocenters. The summed E-state index contributed by atoms with van der Waals surface area (Å²) in [6.45, 7) is 19.6. The Kier molecular flexibility index (Phi) is 10.1. The molecule has 0 unspecified atom stereocenters. The largest absolute Gasteiger partial charge is 0.506 e. The van der Waals surface area contributed by atoms with E-state index in [1.807, 2.05) is 32.9 Å². The standard InChI is InChI=1S/C36H52N4O4/c1-10-39(11-2)24-17-18-25(27(20-24)37-35(44)36(7,8)9)28-32(41)30(33(28)42)29-26(19-16-23-14-12-13-15-23)38-40(34(29)43)31(21(3)4)22(5)6/h17-18,20-23,31,41H,10-16,19H2,1-9H3,(H,37,44)/p+1/b30-29+. The van der Waals surface area contributed by atoms with E-state index in [-0.39, 0.29) is 52.4 Å². The molecule has 4 rings (SSSR count). The third-order valence-corrected chi connectivity index (χ3v) is 9.44. The van der Waals surface area contributed by atoms with Crippen LogP contribution in [0.1, 0.15) is 106 Å². The maximum atomic E-state index is 14.1. The van der Waals surface area contributed by atoms with Crippen LogP contribution in [-0.2, 0) is 14.4 Å². The molecule has 1 aromatic rings. The number of anilines is 2. The number of Topliss-reactive ketones (excluding diaryl/α,β-unsaturated/α-hetero) is 1. The van der Waals surface area contributed by atoms with Gasteiger partial charge in [0.2, 0.25) is 17.4 Å². The predicted octanol–water partition coefficient (Wildman–Crippen LogP) is 5.60. The SMILES string of the molecule is CCN(CC)c1ccc(C2=C(O)/C(=C3\C(=O)N(C(C(C)C)C(C)C)[NH+]=C3CCC3CCCC3)C2=O)c(NC(=O)C(C)(C)C)c1. The lowest BCUT2D eigenvalue weighted by atomic mass is 9.78. The molecule has 1 saturated carbocycles. The number of hydrazine groups is 1. The minimum atomic E-state index is -0.659. The Bertz CT molecular complexity index is 1380. The average molecular weight is 606 g/mol. The van der Waals surface area contributed by atoms with Gasteiger partial charge in [0.15, 0.2) is 0 Å². The maximum Gasteiger partial charge on any atom is 0.315 e.